The Bertz CT molecular complexity index is 638. The summed E-state index contributed by atoms with van der Waals surface area (Å²) >= 11 is 0. The summed E-state index contributed by atoms with van der Waals surface area (Å²) in [6.45, 7) is 0.486. The van der Waals surface area contributed by atoms with Crippen LogP contribution in [0.15, 0.2) is 12.1 Å². The Morgan fingerprint density at radius 3 is 2.50 bits per heavy atom. The first-order valence-electron chi connectivity index (χ1n) is 6.21. The molecule has 1 saturated heterocycles. The first-order valence-corrected chi connectivity index (χ1v) is 6.21. The van der Waals surface area contributed by atoms with E-state index >= 15 is 0 Å². The predicted molar refractivity (Wildman–Crippen MR) is 64.6 cm³/mol. The Labute approximate surface area is 121 Å². The monoisotopic (exact) mass is 319 g/mol. The zero-order valence-corrected chi connectivity index (χ0v) is 11.0. The highest BCUT2D eigenvalue weighted by molar-refractivity contribution is 5.96. The van der Waals surface area contributed by atoms with Gasteiger partial charge < -0.3 is 10.6 Å². The fourth-order valence-electron chi connectivity index (χ4n) is 2.18. The Kier molecular flexibility index (Phi) is 4.32. The number of halogens is 5. The normalized spacial score (nSPS) is 21.5. The van der Waals surface area contributed by atoms with Crippen LogP contribution in [-0.2, 0) is 6.18 Å². The van der Waals surface area contributed by atoms with Gasteiger partial charge in [0.15, 0.2) is 11.6 Å². The molecule has 2 unspecified atom stereocenters. The number of rotatable bonds is 2. The minimum atomic E-state index is -5.01. The highest BCUT2D eigenvalue weighted by Gasteiger charge is 2.38. The van der Waals surface area contributed by atoms with Crippen LogP contribution in [-0.4, -0.2) is 25.0 Å². The Morgan fingerprint density at radius 2 is 1.91 bits per heavy atom. The Balaban J connectivity index is 2.33. The van der Waals surface area contributed by atoms with E-state index in [1.807, 2.05) is 6.07 Å². The second-order valence-electron chi connectivity index (χ2n) is 4.78. The van der Waals surface area contributed by atoms with Gasteiger partial charge in [-0.05, 0) is 12.1 Å². The molecular weight excluding hydrogens is 309 g/mol. The molecule has 1 heterocycles. The predicted octanol–water partition coefficient (Wildman–Crippen LogP) is 1.82. The zero-order valence-electron chi connectivity index (χ0n) is 11.0. The third kappa shape index (κ3) is 3.17. The van der Waals surface area contributed by atoms with Gasteiger partial charge in [0.1, 0.15) is 0 Å². The van der Waals surface area contributed by atoms with Crippen LogP contribution < -0.4 is 10.6 Å². The third-order valence-corrected chi connectivity index (χ3v) is 3.31. The second-order valence-corrected chi connectivity index (χ2v) is 4.78. The maximum Gasteiger partial charge on any atom is 0.417 e. The van der Waals surface area contributed by atoms with Crippen molar-refractivity contribution in [2.75, 3.05) is 13.1 Å². The average molecular weight is 319 g/mol. The van der Waals surface area contributed by atoms with Crippen molar-refractivity contribution in [2.45, 2.75) is 12.2 Å². The Hall–Kier alpha value is -2.21. The summed E-state index contributed by atoms with van der Waals surface area (Å²) in [5.74, 6) is -5.07. The fraction of sp³-hybridized carbons (Fsp3) is 0.385. The molecule has 0 spiro atoms. The SMILES string of the molecule is N#CC1CNCC1NC(=O)c1cc(F)c(F)cc1C(F)(F)F. The summed E-state index contributed by atoms with van der Waals surface area (Å²) in [5, 5.41) is 13.9. The number of nitrogens with one attached hydrogen (secondary N) is 2. The number of benzene rings is 1. The van der Waals surface area contributed by atoms with Crippen LogP contribution >= 0.6 is 0 Å². The standard InChI is InChI=1S/C13H10F5N3O/c14-9-1-7(8(2-10(9)15)13(16,17)18)12(22)21-11-5-20-4-6(11)3-19/h1-2,6,11,20H,4-5H2,(H,21,22). The highest BCUT2D eigenvalue weighted by atomic mass is 19.4. The lowest BCUT2D eigenvalue weighted by molar-refractivity contribution is -0.138. The lowest BCUT2D eigenvalue weighted by atomic mass is 10.0. The Morgan fingerprint density at radius 1 is 1.27 bits per heavy atom. The van der Waals surface area contributed by atoms with Crippen molar-refractivity contribution in [1.29, 1.82) is 5.26 Å². The molecule has 2 atom stereocenters. The van der Waals surface area contributed by atoms with E-state index in [9.17, 15) is 26.7 Å². The summed E-state index contributed by atoms with van der Waals surface area (Å²) < 4.78 is 64.7. The minimum Gasteiger partial charge on any atom is -0.347 e. The molecule has 4 nitrogen and oxygen atoms in total. The number of hydrogen-bond acceptors (Lipinski definition) is 3. The first kappa shape index (κ1) is 16.2. The van der Waals surface area contributed by atoms with Crippen LogP contribution in [0, 0.1) is 28.9 Å². The van der Waals surface area contributed by atoms with Gasteiger partial charge in [0.05, 0.1) is 29.2 Å². The van der Waals surface area contributed by atoms with E-state index in [-0.39, 0.29) is 25.2 Å². The van der Waals surface area contributed by atoms with E-state index in [1.54, 1.807) is 0 Å². The summed E-state index contributed by atoms with van der Waals surface area (Å²) in [7, 11) is 0. The molecule has 1 aliphatic rings. The second kappa shape index (κ2) is 5.88. The molecule has 0 saturated carbocycles. The number of amides is 1. The average Bonchev–Trinajstić information content (AvgIpc) is 2.87. The maximum atomic E-state index is 13.2. The molecule has 0 aromatic heterocycles. The molecule has 1 fully saturated rings. The van der Waals surface area contributed by atoms with Crippen LogP contribution in [0.2, 0.25) is 0 Å². The van der Waals surface area contributed by atoms with Gasteiger partial charge in [0.2, 0.25) is 0 Å². The molecule has 2 rings (SSSR count). The molecule has 0 radical (unpaired) electrons. The van der Waals surface area contributed by atoms with Crippen molar-refractivity contribution in [2.24, 2.45) is 5.92 Å². The molecule has 2 N–H and O–H groups in total. The van der Waals surface area contributed by atoms with Crippen molar-refractivity contribution in [3.05, 3.63) is 34.9 Å². The first-order chi connectivity index (χ1) is 10.2. The van der Waals surface area contributed by atoms with Crippen LogP contribution in [0.25, 0.3) is 0 Å². The van der Waals surface area contributed by atoms with E-state index in [2.05, 4.69) is 10.6 Å². The van der Waals surface area contributed by atoms with Crippen molar-refractivity contribution in [3.8, 4) is 6.07 Å². The van der Waals surface area contributed by atoms with Crippen molar-refractivity contribution < 1.29 is 26.7 Å². The molecule has 1 aliphatic heterocycles. The van der Waals surface area contributed by atoms with Crippen LogP contribution in [0.3, 0.4) is 0 Å². The van der Waals surface area contributed by atoms with Gasteiger partial charge in [0.25, 0.3) is 5.91 Å². The minimum absolute atomic E-state index is 0.0566. The molecule has 1 aromatic rings. The molecule has 1 aromatic carbocycles. The van der Waals surface area contributed by atoms with Gasteiger partial charge in [-0.1, -0.05) is 0 Å². The molecule has 0 aliphatic carbocycles. The maximum absolute atomic E-state index is 13.2. The van der Waals surface area contributed by atoms with E-state index in [1.165, 1.54) is 0 Å². The lowest BCUT2D eigenvalue weighted by Crippen LogP contribution is -2.40. The molecule has 118 valence electrons. The van der Waals surface area contributed by atoms with Crippen molar-refractivity contribution in [1.82, 2.24) is 10.6 Å². The number of nitrogens with zero attached hydrogens (tertiary/aromatic N) is 1. The van der Waals surface area contributed by atoms with E-state index in [4.69, 9.17) is 5.26 Å². The number of carbonyl (C=O) groups is 1. The smallest absolute Gasteiger partial charge is 0.347 e. The number of alkyl halides is 3. The van der Waals surface area contributed by atoms with Gasteiger partial charge >= 0.3 is 6.18 Å². The molecule has 9 heteroatoms. The molecular formula is C13H10F5N3O. The number of carbonyl (C=O) groups excluding carboxylic acids is 1. The third-order valence-electron chi connectivity index (χ3n) is 3.31. The molecule has 22 heavy (non-hydrogen) atoms. The van der Waals surface area contributed by atoms with E-state index < -0.39 is 46.8 Å². The topological polar surface area (TPSA) is 64.9 Å². The summed E-state index contributed by atoms with van der Waals surface area (Å²) in [6.07, 6.45) is -5.01. The van der Waals surface area contributed by atoms with Crippen molar-refractivity contribution >= 4 is 5.91 Å². The van der Waals surface area contributed by atoms with Gasteiger partial charge in [-0.3, -0.25) is 4.79 Å². The van der Waals surface area contributed by atoms with Gasteiger partial charge in [-0.2, -0.15) is 18.4 Å². The zero-order chi connectivity index (χ0) is 16.5. The summed E-state index contributed by atoms with van der Waals surface area (Å²) in [4.78, 5) is 12.0. The van der Waals surface area contributed by atoms with Gasteiger partial charge in [-0.15, -0.1) is 0 Å². The van der Waals surface area contributed by atoms with Crippen LogP contribution in [0.4, 0.5) is 22.0 Å². The number of nitriles is 1. The van der Waals surface area contributed by atoms with E-state index in [0.717, 1.165) is 0 Å². The summed E-state index contributed by atoms with van der Waals surface area (Å²) in [6, 6.07) is 1.35. The van der Waals surface area contributed by atoms with Crippen LogP contribution in [0.5, 0.6) is 0 Å². The molecule has 1 amide bonds. The molecule has 0 bridgehead atoms. The lowest BCUT2D eigenvalue weighted by Gasteiger charge is -2.17. The van der Waals surface area contributed by atoms with Crippen LogP contribution in [0.1, 0.15) is 15.9 Å². The summed E-state index contributed by atoms with van der Waals surface area (Å²) in [5.41, 5.74) is -2.58. The van der Waals surface area contributed by atoms with Gasteiger partial charge in [-0.25, -0.2) is 8.78 Å². The fourth-order valence-corrected chi connectivity index (χ4v) is 2.18. The number of hydrogen-bond donors (Lipinski definition) is 2. The van der Waals surface area contributed by atoms with E-state index in [0.29, 0.717) is 0 Å². The largest absolute Gasteiger partial charge is 0.417 e. The quantitative estimate of drug-likeness (QED) is 0.818. The van der Waals surface area contributed by atoms with Gasteiger partial charge in [0, 0.05) is 13.1 Å². The van der Waals surface area contributed by atoms with Crippen molar-refractivity contribution in [3.63, 3.8) is 0 Å². The highest BCUT2D eigenvalue weighted by Crippen LogP contribution is 2.33.